The summed E-state index contributed by atoms with van der Waals surface area (Å²) in [7, 11) is 0. The summed E-state index contributed by atoms with van der Waals surface area (Å²) >= 11 is 0. The van der Waals surface area contributed by atoms with Crippen molar-refractivity contribution in [2.45, 2.75) is 51.9 Å². The molecule has 0 saturated heterocycles. The molecule has 0 spiro atoms. The zero-order valence-electron chi connectivity index (χ0n) is 14.3. The van der Waals surface area contributed by atoms with E-state index in [4.69, 9.17) is 0 Å². The van der Waals surface area contributed by atoms with Gasteiger partial charge in [0, 0.05) is 11.5 Å². The molecule has 0 nitrogen and oxygen atoms in total. The van der Waals surface area contributed by atoms with Crippen LogP contribution in [-0.4, -0.2) is 0 Å². The second-order valence-corrected chi connectivity index (χ2v) is 6.78. The summed E-state index contributed by atoms with van der Waals surface area (Å²) in [6.45, 7) is 4.33. The van der Waals surface area contributed by atoms with E-state index in [1.807, 2.05) is 0 Å². The maximum Gasteiger partial charge on any atom is 0.0245 e. The number of hydrogen-bond acceptors (Lipinski definition) is 0. The first kappa shape index (κ1) is 15.9. The van der Waals surface area contributed by atoms with E-state index in [9.17, 15) is 0 Å². The van der Waals surface area contributed by atoms with E-state index in [0.717, 1.165) is 17.9 Å². The lowest BCUT2D eigenvalue weighted by molar-refractivity contribution is 0.384. The number of hydrogen-bond donors (Lipinski definition) is 0. The van der Waals surface area contributed by atoms with Crippen LogP contribution in [0, 0.1) is 24.7 Å². The molecule has 0 heterocycles. The Hall–Kier alpha value is -2.00. The van der Waals surface area contributed by atoms with E-state index >= 15 is 0 Å². The normalized spacial score (nSPS) is 20.6. The highest BCUT2D eigenvalue weighted by atomic mass is 14.2. The molecule has 3 rings (SSSR count). The van der Waals surface area contributed by atoms with Crippen molar-refractivity contribution in [2.24, 2.45) is 5.92 Å². The van der Waals surface area contributed by atoms with Gasteiger partial charge >= 0.3 is 0 Å². The van der Waals surface area contributed by atoms with Gasteiger partial charge in [0.25, 0.3) is 0 Å². The van der Waals surface area contributed by atoms with Gasteiger partial charge in [0.05, 0.1) is 0 Å². The van der Waals surface area contributed by atoms with Gasteiger partial charge in [0.1, 0.15) is 0 Å². The molecular formula is C23H26. The molecule has 1 aliphatic rings. The third-order valence-corrected chi connectivity index (χ3v) is 5.06. The Labute approximate surface area is 140 Å². The maximum atomic E-state index is 3.50. The highest BCUT2D eigenvalue weighted by Gasteiger charge is 2.21. The van der Waals surface area contributed by atoms with Crippen LogP contribution in [0.3, 0.4) is 0 Å². The molecule has 0 bridgehead atoms. The number of aryl methyl sites for hydroxylation is 2. The van der Waals surface area contributed by atoms with E-state index in [2.05, 4.69) is 74.2 Å². The first-order valence-corrected chi connectivity index (χ1v) is 8.91. The molecule has 0 atom stereocenters. The summed E-state index contributed by atoms with van der Waals surface area (Å²) in [5.74, 6) is 8.17. The molecule has 1 fully saturated rings. The van der Waals surface area contributed by atoms with Gasteiger partial charge in [-0.25, -0.2) is 0 Å². The third kappa shape index (κ3) is 4.26. The van der Waals surface area contributed by atoms with Crippen molar-refractivity contribution in [3.05, 3.63) is 70.8 Å². The molecule has 0 aliphatic heterocycles. The molecule has 1 saturated carbocycles. The summed E-state index contributed by atoms with van der Waals surface area (Å²) in [6, 6.07) is 17.8. The molecule has 23 heavy (non-hydrogen) atoms. The Bertz CT molecular complexity index is 672. The minimum absolute atomic E-state index is 0.572. The SMILES string of the molecule is CCc1ccc([C@H]2CC[C@H](C#Cc3ccc(C)cc3)CC2)cc1. The predicted octanol–water partition coefficient (Wildman–Crippen LogP) is 5.88. The second-order valence-electron chi connectivity index (χ2n) is 6.78. The summed E-state index contributed by atoms with van der Waals surface area (Å²) in [6.07, 6.45) is 6.15. The minimum atomic E-state index is 0.572. The molecule has 0 unspecified atom stereocenters. The van der Waals surface area contributed by atoms with Gasteiger partial charge in [-0.15, -0.1) is 0 Å². The highest BCUT2D eigenvalue weighted by molar-refractivity contribution is 5.36. The average Bonchev–Trinajstić information content (AvgIpc) is 2.62. The molecule has 0 heteroatoms. The fourth-order valence-corrected chi connectivity index (χ4v) is 3.42. The first-order valence-electron chi connectivity index (χ1n) is 8.91. The monoisotopic (exact) mass is 302 g/mol. The Morgan fingerprint density at radius 3 is 2.13 bits per heavy atom. The lowest BCUT2D eigenvalue weighted by Gasteiger charge is -2.26. The maximum absolute atomic E-state index is 3.50. The lowest BCUT2D eigenvalue weighted by atomic mass is 9.79. The molecule has 2 aromatic carbocycles. The molecule has 1 aliphatic carbocycles. The number of rotatable bonds is 2. The third-order valence-electron chi connectivity index (χ3n) is 5.06. The summed E-state index contributed by atoms with van der Waals surface area (Å²) in [4.78, 5) is 0. The molecular weight excluding hydrogens is 276 g/mol. The van der Waals surface area contributed by atoms with Crippen molar-refractivity contribution in [3.8, 4) is 11.8 Å². The second kappa shape index (κ2) is 7.51. The standard InChI is InChI=1S/C23H26/c1-3-19-10-14-22(15-11-19)23-16-12-21(13-17-23)9-8-20-6-4-18(2)5-7-20/h4-7,10-11,14-15,21,23H,3,12-13,16-17H2,1-2H3/t21-,23-. The lowest BCUT2D eigenvalue weighted by Crippen LogP contribution is -2.12. The summed E-state index contributed by atoms with van der Waals surface area (Å²) in [5, 5.41) is 0. The van der Waals surface area contributed by atoms with Gasteiger partial charge in [-0.3, -0.25) is 0 Å². The van der Waals surface area contributed by atoms with Crippen molar-refractivity contribution in [1.29, 1.82) is 0 Å². The van der Waals surface area contributed by atoms with Gasteiger partial charge in [-0.2, -0.15) is 0 Å². The van der Waals surface area contributed by atoms with E-state index < -0.39 is 0 Å². The van der Waals surface area contributed by atoms with Crippen LogP contribution in [0.2, 0.25) is 0 Å². The van der Waals surface area contributed by atoms with Crippen LogP contribution in [-0.2, 0) is 6.42 Å². The molecule has 2 aromatic rings. The van der Waals surface area contributed by atoms with E-state index in [-0.39, 0.29) is 0 Å². The fourth-order valence-electron chi connectivity index (χ4n) is 3.42. The van der Waals surface area contributed by atoms with E-state index in [0.29, 0.717) is 5.92 Å². The number of benzene rings is 2. The zero-order chi connectivity index (χ0) is 16.1. The molecule has 0 amide bonds. The van der Waals surface area contributed by atoms with Crippen LogP contribution in [0.4, 0.5) is 0 Å². The molecule has 0 radical (unpaired) electrons. The van der Waals surface area contributed by atoms with Crippen LogP contribution >= 0.6 is 0 Å². The Morgan fingerprint density at radius 2 is 1.52 bits per heavy atom. The van der Waals surface area contributed by atoms with Gasteiger partial charge in [-0.05, 0) is 68.2 Å². The smallest absolute Gasteiger partial charge is 0.0245 e. The molecule has 0 aromatic heterocycles. The topological polar surface area (TPSA) is 0 Å². The first-order chi connectivity index (χ1) is 11.2. The summed E-state index contributed by atoms with van der Waals surface area (Å²) < 4.78 is 0. The van der Waals surface area contributed by atoms with Crippen molar-refractivity contribution in [3.63, 3.8) is 0 Å². The van der Waals surface area contributed by atoms with Crippen LogP contribution < -0.4 is 0 Å². The largest absolute Gasteiger partial charge is 0.0945 e. The van der Waals surface area contributed by atoms with Gasteiger partial charge < -0.3 is 0 Å². The van der Waals surface area contributed by atoms with Crippen LogP contribution in [0.5, 0.6) is 0 Å². The Morgan fingerprint density at radius 1 is 0.870 bits per heavy atom. The molecule has 118 valence electrons. The van der Waals surface area contributed by atoms with Crippen molar-refractivity contribution in [2.75, 3.05) is 0 Å². The van der Waals surface area contributed by atoms with E-state index in [1.165, 1.54) is 42.4 Å². The Balaban J connectivity index is 1.57. The highest BCUT2D eigenvalue weighted by Crippen LogP contribution is 2.35. The predicted molar refractivity (Wildman–Crippen MR) is 98.6 cm³/mol. The Kier molecular flexibility index (Phi) is 5.19. The quantitative estimate of drug-likeness (QED) is 0.607. The van der Waals surface area contributed by atoms with Crippen LogP contribution in [0.1, 0.15) is 60.8 Å². The zero-order valence-corrected chi connectivity index (χ0v) is 14.3. The average molecular weight is 302 g/mol. The van der Waals surface area contributed by atoms with Gasteiger partial charge in [0.2, 0.25) is 0 Å². The fraction of sp³-hybridized carbons (Fsp3) is 0.391. The van der Waals surface area contributed by atoms with Crippen molar-refractivity contribution < 1.29 is 0 Å². The van der Waals surface area contributed by atoms with Crippen molar-refractivity contribution in [1.82, 2.24) is 0 Å². The summed E-state index contributed by atoms with van der Waals surface area (Å²) in [5.41, 5.74) is 5.40. The minimum Gasteiger partial charge on any atom is -0.0945 e. The van der Waals surface area contributed by atoms with E-state index in [1.54, 1.807) is 0 Å². The van der Waals surface area contributed by atoms with Crippen LogP contribution in [0.25, 0.3) is 0 Å². The van der Waals surface area contributed by atoms with Gasteiger partial charge in [-0.1, -0.05) is 60.7 Å². The van der Waals surface area contributed by atoms with Gasteiger partial charge in [0.15, 0.2) is 0 Å². The van der Waals surface area contributed by atoms with Crippen molar-refractivity contribution >= 4 is 0 Å². The molecule has 0 N–H and O–H groups in total. The van der Waals surface area contributed by atoms with Crippen LogP contribution in [0.15, 0.2) is 48.5 Å².